The minimum absolute atomic E-state index is 0.0739. The summed E-state index contributed by atoms with van der Waals surface area (Å²) in [6, 6.07) is 2.55. The highest BCUT2D eigenvalue weighted by atomic mass is 79.9. The molecule has 0 saturated carbocycles. The molecule has 3 N–H and O–H groups in total. The normalized spacial score (nSPS) is 12.9. The molecule has 0 aliphatic heterocycles. The van der Waals surface area contributed by atoms with Crippen molar-refractivity contribution in [3.8, 4) is 11.5 Å². The molecule has 1 aromatic carbocycles. The lowest BCUT2D eigenvalue weighted by molar-refractivity contribution is -0.152. The third-order valence-corrected chi connectivity index (χ3v) is 3.57. The number of ether oxygens (including phenoxy) is 2. The van der Waals surface area contributed by atoms with Crippen molar-refractivity contribution in [2.75, 3.05) is 14.2 Å². The molecule has 106 valence electrons. The Kier molecular flexibility index (Phi) is 4.81. The molecule has 5 nitrogen and oxygen atoms in total. The van der Waals surface area contributed by atoms with Crippen molar-refractivity contribution in [3.05, 3.63) is 22.2 Å². The standard InChI is InChI=1S/C13H18BrNO4/c1-13(2,12(17)19-4)11(15)8-5-7(14)6-9(18-3)10(8)16/h5-6,11,16H,15H2,1-4H3/t11-/m1/s1. The number of methoxy groups -OCH3 is 2. The number of phenolic OH excluding ortho intramolecular Hbond substituents is 1. The van der Waals surface area contributed by atoms with Crippen LogP contribution in [0.1, 0.15) is 25.5 Å². The van der Waals surface area contributed by atoms with Crippen molar-refractivity contribution in [2.24, 2.45) is 11.1 Å². The third kappa shape index (κ3) is 3.01. The maximum atomic E-state index is 11.8. The molecular weight excluding hydrogens is 314 g/mol. The number of esters is 1. The number of carbonyl (C=O) groups is 1. The molecule has 19 heavy (non-hydrogen) atoms. The van der Waals surface area contributed by atoms with E-state index in [4.69, 9.17) is 15.2 Å². The fourth-order valence-electron chi connectivity index (χ4n) is 1.77. The fourth-order valence-corrected chi connectivity index (χ4v) is 2.22. The number of hydrogen-bond donors (Lipinski definition) is 2. The van der Waals surface area contributed by atoms with Crippen LogP contribution in [0.4, 0.5) is 0 Å². The first kappa shape index (κ1) is 15.8. The molecule has 0 aliphatic carbocycles. The Balaban J connectivity index is 3.30. The highest BCUT2D eigenvalue weighted by Gasteiger charge is 2.38. The number of halogens is 1. The Hall–Kier alpha value is -1.27. The zero-order valence-electron chi connectivity index (χ0n) is 11.4. The highest BCUT2D eigenvalue weighted by Crippen LogP contribution is 2.42. The second-order valence-electron chi connectivity index (χ2n) is 4.74. The lowest BCUT2D eigenvalue weighted by atomic mass is 9.80. The summed E-state index contributed by atoms with van der Waals surface area (Å²) >= 11 is 3.31. The maximum absolute atomic E-state index is 11.8. The van der Waals surface area contributed by atoms with Crippen molar-refractivity contribution in [1.82, 2.24) is 0 Å². The Morgan fingerprint density at radius 3 is 2.47 bits per heavy atom. The van der Waals surface area contributed by atoms with E-state index in [0.29, 0.717) is 15.8 Å². The maximum Gasteiger partial charge on any atom is 0.313 e. The second kappa shape index (κ2) is 5.79. The summed E-state index contributed by atoms with van der Waals surface area (Å²) in [7, 11) is 2.75. The third-order valence-electron chi connectivity index (χ3n) is 3.11. The van der Waals surface area contributed by atoms with E-state index in [1.54, 1.807) is 26.0 Å². The van der Waals surface area contributed by atoms with Crippen LogP contribution in [0.25, 0.3) is 0 Å². The molecule has 0 unspecified atom stereocenters. The van der Waals surface area contributed by atoms with E-state index >= 15 is 0 Å². The van der Waals surface area contributed by atoms with Gasteiger partial charge in [-0.3, -0.25) is 4.79 Å². The predicted molar refractivity (Wildman–Crippen MR) is 75.1 cm³/mol. The molecule has 1 rings (SSSR count). The number of rotatable bonds is 4. The summed E-state index contributed by atoms with van der Waals surface area (Å²) in [5.74, 6) is -0.228. The first-order chi connectivity index (χ1) is 8.75. The van der Waals surface area contributed by atoms with Gasteiger partial charge in [-0.15, -0.1) is 0 Å². The van der Waals surface area contributed by atoms with E-state index < -0.39 is 17.4 Å². The van der Waals surface area contributed by atoms with Crippen molar-refractivity contribution in [2.45, 2.75) is 19.9 Å². The molecule has 0 saturated heterocycles. The van der Waals surface area contributed by atoms with E-state index in [-0.39, 0.29) is 5.75 Å². The van der Waals surface area contributed by atoms with Gasteiger partial charge in [-0.2, -0.15) is 0 Å². The summed E-state index contributed by atoms with van der Waals surface area (Å²) in [5.41, 5.74) is 5.55. The van der Waals surface area contributed by atoms with Crippen LogP contribution in [-0.4, -0.2) is 25.3 Å². The van der Waals surface area contributed by atoms with Gasteiger partial charge in [0, 0.05) is 16.1 Å². The number of hydrogen-bond acceptors (Lipinski definition) is 5. The van der Waals surface area contributed by atoms with Gasteiger partial charge < -0.3 is 20.3 Å². The summed E-state index contributed by atoms with van der Waals surface area (Å²) in [5, 5.41) is 10.1. The number of aromatic hydroxyl groups is 1. The van der Waals surface area contributed by atoms with Crippen LogP contribution in [0.3, 0.4) is 0 Å². The minimum Gasteiger partial charge on any atom is -0.504 e. The van der Waals surface area contributed by atoms with Gasteiger partial charge in [0.15, 0.2) is 11.5 Å². The molecule has 0 aliphatic rings. The van der Waals surface area contributed by atoms with Gasteiger partial charge in [-0.25, -0.2) is 0 Å². The molecule has 0 radical (unpaired) electrons. The fraction of sp³-hybridized carbons (Fsp3) is 0.462. The van der Waals surface area contributed by atoms with E-state index in [1.165, 1.54) is 14.2 Å². The van der Waals surface area contributed by atoms with Crippen LogP contribution < -0.4 is 10.5 Å². The van der Waals surface area contributed by atoms with E-state index in [9.17, 15) is 9.90 Å². The Bertz CT molecular complexity index is 488. The van der Waals surface area contributed by atoms with Gasteiger partial charge in [-0.05, 0) is 26.0 Å². The summed E-state index contributed by atoms with van der Waals surface area (Å²) < 4.78 is 10.5. The van der Waals surface area contributed by atoms with Gasteiger partial charge in [0.2, 0.25) is 0 Å². The van der Waals surface area contributed by atoms with Crippen LogP contribution >= 0.6 is 15.9 Å². The van der Waals surface area contributed by atoms with Crippen LogP contribution in [0.2, 0.25) is 0 Å². The smallest absolute Gasteiger partial charge is 0.313 e. The van der Waals surface area contributed by atoms with Crippen molar-refractivity contribution in [3.63, 3.8) is 0 Å². The first-order valence-electron chi connectivity index (χ1n) is 5.66. The first-order valence-corrected chi connectivity index (χ1v) is 6.45. The predicted octanol–water partition coefficient (Wildman–Crippen LogP) is 2.36. The molecule has 1 atom stereocenters. The van der Waals surface area contributed by atoms with E-state index in [2.05, 4.69) is 15.9 Å². The number of carbonyl (C=O) groups excluding carboxylic acids is 1. The summed E-state index contributed by atoms with van der Waals surface area (Å²) in [6.45, 7) is 3.33. The molecule has 0 aromatic heterocycles. The Morgan fingerprint density at radius 1 is 1.42 bits per heavy atom. The van der Waals surface area contributed by atoms with Gasteiger partial charge >= 0.3 is 5.97 Å². The Labute approximate surface area is 120 Å². The number of phenols is 1. The van der Waals surface area contributed by atoms with Crippen LogP contribution in [0.15, 0.2) is 16.6 Å². The number of benzene rings is 1. The van der Waals surface area contributed by atoms with Gasteiger partial charge in [0.1, 0.15) is 0 Å². The lowest BCUT2D eigenvalue weighted by Gasteiger charge is -2.29. The molecular formula is C13H18BrNO4. The van der Waals surface area contributed by atoms with Gasteiger partial charge in [0.25, 0.3) is 0 Å². The summed E-state index contributed by atoms with van der Waals surface area (Å²) in [6.07, 6.45) is 0. The topological polar surface area (TPSA) is 81.8 Å². The monoisotopic (exact) mass is 331 g/mol. The number of nitrogens with two attached hydrogens (primary N) is 1. The minimum atomic E-state index is -0.974. The Morgan fingerprint density at radius 2 is 2.00 bits per heavy atom. The second-order valence-corrected chi connectivity index (χ2v) is 5.65. The van der Waals surface area contributed by atoms with Crippen LogP contribution in [0.5, 0.6) is 11.5 Å². The zero-order chi connectivity index (χ0) is 14.8. The van der Waals surface area contributed by atoms with Gasteiger partial charge in [0.05, 0.1) is 19.6 Å². The quantitative estimate of drug-likeness (QED) is 0.827. The average molecular weight is 332 g/mol. The van der Waals surface area contributed by atoms with Crippen LogP contribution in [0, 0.1) is 5.41 Å². The molecule has 6 heteroatoms. The molecule has 0 amide bonds. The molecule has 1 aromatic rings. The molecule has 0 fully saturated rings. The zero-order valence-corrected chi connectivity index (χ0v) is 12.9. The SMILES string of the molecule is COC(=O)C(C)(C)[C@H](N)c1cc(Br)cc(OC)c1O. The van der Waals surface area contributed by atoms with E-state index in [1.807, 2.05) is 0 Å². The van der Waals surface area contributed by atoms with Crippen LogP contribution in [-0.2, 0) is 9.53 Å². The highest BCUT2D eigenvalue weighted by molar-refractivity contribution is 9.10. The average Bonchev–Trinajstić information content (AvgIpc) is 2.38. The van der Waals surface area contributed by atoms with E-state index in [0.717, 1.165) is 0 Å². The molecule has 0 heterocycles. The lowest BCUT2D eigenvalue weighted by Crippen LogP contribution is -2.37. The largest absolute Gasteiger partial charge is 0.504 e. The van der Waals surface area contributed by atoms with Crippen molar-refractivity contribution < 1.29 is 19.4 Å². The molecule has 0 bridgehead atoms. The van der Waals surface area contributed by atoms with Crippen molar-refractivity contribution in [1.29, 1.82) is 0 Å². The van der Waals surface area contributed by atoms with Crippen molar-refractivity contribution >= 4 is 21.9 Å². The molecule has 0 spiro atoms. The summed E-state index contributed by atoms with van der Waals surface area (Å²) in [4.78, 5) is 11.8. The van der Waals surface area contributed by atoms with Gasteiger partial charge in [-0.1, -0.05) is 15.9 Å².